The van der Waals surface area contributed by atoms with Gasteiger partial charge in [0.2, 0.25) is 0 Å². The lowest BCUT2D eigenvalue weighted by Crippen LogP contribution is -2.63. The first kappa shape index (κ1) is 15.4. The van der Waals surface area contributed by atoms with Gasteiger partial charge in [0.05, 0.1) is 23.4 Å². The molecule has 2 N–H and O–H groups in total. The molecule has 6 atom stereocenters. The fraction of sp³-hybridized carbons (Fsp3) is 1.00. The zero-order chi connectivity index (χ0) is 15.8. The van der Waals surface area contributed by atoms with Crippen LogP contribution in [0.3, 0.4) is 0 Å². The van der Waals surface area contributed by atoms with E-state index < -0.39 is 11.2 Å². The van der Waals surface area contributed by atoms with E-state index in [1.807, 2.05) is 0 Å². The maximum Gasteiger partial charge on any atom is 0.0730 e. The molecule has 22 heavy (non-hydrogen) atoms. The Morgan fingerprint density at radius 3 is 2.00 bits per heavy atom. The number of hydrogen-bond donors (Lipinski definition) is 2. The summed E-state index contributed by atoms with van der Waals surface area (Å²) < 4.78 is 6.46. The van der Waals surface area contributed by atoms with Crippen molar-refractivity contribution in [1.29, 1.82) is 0 Å². The molecule has 2 heterocycles. The Labute approximate surface area is 134 Å². The molecule has 2 saturated carbocycles. The van der Waals surface area contributed by atoms with E-state index in [4.69, 9.17) is 4.74 Å². The van der Waals surface area contributed by atoms with Crippen molar-refractivity contribution in [3.05, 3.63) is 0 Å². The van der Waals surface area contributed by atoms with Crippen molar-refractivity contribution < 1.29 is 14.9 Å². The first-order chi connectivity index (χ1) is 10.3. The Hall–Kier alpha value is -0.120. The highest BCUT2D eigenvalue weighted by atomic mass is 16.5. The molecule has 0 aromatic rings. The molecule has 4 fully saturated rings. The van der Waals surface area contributed by atoms with Crippen molar-refractivity contribution in [2.24, 2.45) is 23.2 Å². The van der Waals surface area contributed by atoms with Crippen molar-refractivity contribution in [3.8, 4) is 0 Å². The van der Waals surface area contributed by atoms with Crippen LogP contribution in [0.15, 0.2) is 0 Å². The molecule has 0 aromatic heterocycles. The molecule has 4 aliphatic rings. The third-order valence-corrected chi connectivity index (χ3v) is 8.18. The lowest BCUT2D eigenvalue weighted by Gasteiger charge is -2.55. The molecule has 6 unspecified atom stereocenters. The van der Waals surface area contributed by atoms with Gasteiger partial charge in [-0.2, -0.15) is 0 Å². The largest absolute Gasteiger partial charge is 0.389 e. The molecule has 2 aliphatic carbocycles. The van der Waals surface area contributed by atoms with Gasteiger partial charge in [-0.3, -0.25) is 0 Å². The van der Waals surface area contributed by atoms with Gasteiger partial charge in [0.15, 0.2) is 0 Å². The van der Waals surface area contributed by atoms with Gasteiger partial charge in [-0.05, 0) is 37.5 Å². The summed E-state index contributed by atoms with van der Waals surface area (Å²) in [4.78, 5) is 0. The minimum atomic E-state index is -0.649. The van der Waals surface area contributed by atoms with Crippen molar-refractivity contribution in [2.75, 3.05) is 0 Å². The molecule has 3 nitrogen and oxygen atoms in total. The van der Waals surface area contributed by atoms with Gasteiger partial charge in [0, 0.05) is 11.3 Å². The van der Waals surface area contributed by atoms with Gasteiger partial charge < -0.3 is 14.9 Å². The topological polar surface area (TPSA) is 49.7 Å². The molecular weight excluding hydrogens is 276 g/mol. The van der Waals surface area contributed by atoms with Crippen LogP contribution in [0.1, 0.15) is 72.1 Å². The van der Waals surface area contributed by atoms with Crippen molar-refractivity contribution >= 4 is 0 Å². The Morgan fingerprint density at radius 1 is 0.864 bits per heavy atom. The average molecular weight is 308 g/mol. The number of fused-ring (bicyclic) bond motifs is 2. The zero-order valence-corrected chi connectivity index (χ0v) is 14.3. The summed E-state index contributed by atoms with van der Waals surface area (Å²) in [6.07, 6.45) is 8.20. The molecular formula is C19H32O3. The highest BCUT2D eigenvalue weighted by Gasteiger charge is 2.73. The number of rotatable bonds is 2. The molecule has 2 bridgehead atoms. The standard InChI is InChI=1S/C19H32O3/c1-12-13(2)16-17(3,19(21)10-6-7-11-19)15(14(12)22-16)18(20)8-4-5-9-18/h12-16,20-21H,4-11H2,1-3H3. The highest BCUT2D eigenvalue weighted by Crippen LogP contribution is 2.67. The predicted molar refractivity (Wildman–Crippen MR) is 85.4 cm³/mol. The smallest absolute Gasteiger partial charge is 0.0730 e. The first-order valence-corrected chi connectivity index (χ1v) is 9.44. The monoisotopic (exact) mass is 308 g/mol. The van der Waals surface area contributed by atoms with Crippen molar-refractivity contribution in [1.82, 2.24) is 0 Å². The minimum Gasteiger partial charge on any atom is -0.389 e. The lowest BCUT2D eigenvalue weighted by atomic mass is 9.50. The normalized spacial score (nSPS) is 52.5. The molecule has 3 heteroatoms. The maximum atomic E-state index is 11.5. The molecule has 126 valence electrons. The Balaban J connectivity index is 1.80. The van der Waals surface area contributed by atoms with E-state index in [-0.39, 0.29) is 23.5 Å². The van der Waals surface area contributed by atoms with Crippen LogP contribution in [0.5, 0.6) is 0 Å². The summed E-state index contributed by atoms with van der Waals surface area (Å²) in [5, 5.41) is 23.0. The second kappa shape index (κ2) is 4.70. The van der Waals surface area contributed by atoms with E-state index in [0.29, 0.717) is 11.8 Å². The molecule has 0 radical (unpaired) electrons. The van der Waals surface area contributed by atoms with Gasteiger partial charge in [-0.25, -0.2) is 0 Å². The third-order valence-electron chi connectivity index (χ3n) is 8.18. The summed E-state index contributed by atoms with van der Waals surface area (Å²) in [5.74, 6) is 1.06. The summed E-state index contributed by atoms with van der Waals surface area (Å²) in [6, 6.07) is 0. The maximum absolute atomic E-state index is 11.5. The molecule has 0 spiro atoms. The average Bonchev–Trinajstić information content (AvgIpc) is 3.20. The van der Waals surface area contributed by atoms with Crippen LogP contribution >= 0.6 is 0 Å². The fourth-order valence-corrected chi connectivity index (χ4v) is 6.79. The number of ether oxygens (including phenoxy) is 1. The first-order valence-electron chi connectivity index (χ1n) is 9.44. The van der Waals surface area contributed by atoms with Crippen LogP contribution in [-0.4, -0.2) is 33.6 Å². The van der Waals surface area contributed by atoms with E-state index in [9.17, 15) is 10.2 Å². The van der Waals surface area contributed by atoms with Crippen molar-refractivity contribution in [2.45, 2.75) is 95.5 Å². The summed E-state index contributed by atoms with van der Waals surface area (Å²) >= 11 is 0. The number of aliphatic hydroxyl groups is 2. The molecule has 0 aromatic carbocycles. The van der Waals surface area contributed by atoms with Crippen LogP contribution in [0.25, 0.3) is 0 Å². The van der Waals surface area contributed by atoms with Crippen molar-refractivity contribution in [3.63, 3.8) is 0 Å². The summed E-state index contributed by atoms with van der Waals surface area (Å²) in [5.41, 5.74) is -1.57. The summed E-state index contributed by atoms with van der Waals surface area (Å²) in [6.45, 7) is 6.80. The van der Waals surface area contributed by atoms with E-state index >= 15 is 0 Å². The molecule has 2 saturated heterocycles. The Bertz CT molecular complexity index is 450. The molecule has 2 aliphatic heterocycles. The van der Waals surface area contributed by atoms with Gasteiger partial charge in [-0.1, -0.05) is 46.5 Å². The second-order valence-electron chi connectivity index (χ2n) is 9.05. The predicted octanol–water partition coefficient (Wildman–Crippen LogP) is 3.27. The van der Waals surface area contributed by atoms with Gasteiger partial charge in [-0.15, -0.1) is 0 Å². The molecule has 0 amide bonds. The van der Waals surface area contributed by atoms with Gasteiger partial charge in [0.1, 0.15) is 0 Å². The van der Waals surface area contributed by atoms with Gasteiger partial charge in [0.25, 0.3) is 0 Å². The SMILES string of the molecule is CC1C(C)C2OC1C(C1(O)CCCC1)C2(C)C1(O)CCCC1. The quantitative estimate of drug-likeness (QED) is 0.823. The zero-order valence-electron chi connectivity index (χ0n) is 14.3. The van der Waals surface area contributed by atoms with Crippen LogP contribution in [-0.2, 0) is 4.74 Å². The minimum absolute atomic E-state index is 0.0989. The summed E-state index contributed by atoms with van der Waals surface area (Å²) in [7, 11) is 0. The van der Waals surface area contributed by atoms with E-state index in [1.165, 1.54) is 0 Å². The Kier molecular flexibility index (Phi) is 3.30. The van der Waals surface area contributed by atoms with E-state index in [1.54, 1.807) is 0 Å². The molecule has 4 rings (SSSR count). The van der Waals surface area contributed by atoms with Crippen LogP contribution in [0, 0.1) is 23.2 Å². The number of hydrogen-bond acceptors (Lipinski definition) is 3. The van der Waals surface area contributed by atoms with Crippen LogP contribution < -0.4 is 0 Å². The van der Waals surface area contributed by atoms with E-state index in [0.717, 1.165) is 51.4 Å². The lowest BCUT2D eigenvalue weighted by molar-refractivity contribution is -0.177. The van der Waals surface area contributed by atoms with Crippen LogP contribution in [0.2, 0.25) is 0 Å². The van der Waals surface area contributed by atoms with Gasteiger partial charge >= 0.3 is 0 Å². The fourth-order valence-electron chi connectivity index (χ4n) is 6.79. The third kappa shape index (κ3) is 1.68. The van der Waals surface area contributed by atoms with Crippen LogP contribution in [0.4, 0.5) is 0 Å². The highest BCUT2D eigenvalue weighted by molar-refractivity contribution is 5.21. The Morgan fingerprint density at radius 2 is 1.41 bits per heavy atom. The van der Waals surface area contributed by atoms with E-state index in [2.05, 4.69) is 20.8 Å². The second-order valence-corrected chi connectivity index (χ2v) is 9.05.